The molecular weight excluding hydrogens is 338 g/mol. The van der Waals surface area contributed by atoms with Gasteiger partial charge in [0.2, 0.25) is 5.91 Å². The molecule has 9 nitrogen and oxygen atoms in total. The highest BCUT2D eigenvalue weighted by molar-refractivity contribution is 5.80. The maximum atomic E-state index is 12.9. The molecule has 2 fully saturated rings. The Morgan fingerprint density at radius 3 is 2.65 bits per heavy atom. The van der Waals surface area contributed by atoms with Crippen molar-refractivity contribution in [3.8, 4) is 0 Å². The minimum atomic E-state index is -0.315. The van der Waals surface area contributed by atoms with Gasteiger partial charge in [0.15, 0.2) is 0 Å². The Balaban J connectivity index is 1.56. The first-order valence-electron chi connectivity index (χ1n) is 9.08. The fourth-order valence-corrected chi connectivity index (χ4v) is 3.53. The molecule has 2 saturated heterocycles. The lowest BCUT2D eigenvalue weighted by Gasteiger charge is -2.39. The van der Waals surface area contributed by atoms with E-state index in [4.69, 9.17) is 4.74 Å². The fourth-order valence-electron chi connectivity index (χ4n) is 3.53. The Labute approximate surface area is 151 Å². The Hall–Kier alpha value is -2.58. The number of carbonyl (C=O) groups excluding carboxylic acids is 2. The summed E-state index contributed by atoms with van der Waals surface area (Å²) in [6.07, 6.45) is 3.04. The standard InChI is InChI=1S/C17H25N5O4/c1-2-26-17(25)21-8-6-20(7-9-21)16(24)13-4-3-5-22(12-13)14-10-15(23)19-18-11-14/h10-11,13H,2-9,12H2,1H3,(H,19,23)/t13-/m1/s1. The molecular formula is C17H25N5O4. The van der Waals surface area contributed by atoms with Gasteiger partial charge in [-0.15, -0.1) is 0 Å². The van der Waals surface area contributed by atoms with Crippen LogP contribution >= 0.6 is 0 Å². The van der Waals surface area contributed by atoms with Gasteiger partial charge in [-0.2, -0.15) is 5.10 Å². The Bertz CT molecular complexity index is 698. The van der Waals surface area contributed by atoms with Crippen LogP contribution in [-0.2, 0) is 9.53 Å². The zero-order valence-corrected chi connectivity index (χ0v) is 15.0. The van der Waals surface area contributed by atoms with Gasteiger partial charge in [-0.1, -0.05) is 0 Å². The number of H-pyrrole nitrogens is 1. The van der Waals surface area contributed by atoms with Crippen LogP contribution in [0.3, 0.4) is 0 Å². The lowest BCUT2D eigenvalue weighted by atomic mass is 9.96. The number of rotatable bonds is 3. The molecule has 142 valence electrons. The number of carbonyl (C=O) groups is 2. The molecule has 1 atom stereocenters. The van der Waals surface area contributed by atoms with Gasteiger partial charge in [0, 0.05) is 45.3 Å². The van der Waals surface area contributed by atoms with Crippen molar-refractivity contribution >= 4 is 17.7 Å². The van der Waals surface area contributed by atoms with E-state index in [-0.39, 0.29) is 23.5 Å². The quantitative estimate of drug-likeness (QED) is 0.829. The molecule has 0 spiro atoms. The van der Waals surface area contributed by atoms with Gasteiger partial charge in [0.05, 0.1) is 24.4 Å². The second kappa shape index (κ2) is 8.20. The van der Waals surface area contributed by atoms with E-state index >= 15 is 0 Å². The first-order chi connectivity index (χ1) is 12.6. The van der Waals surface area contributed by atoms with Crippen LogP contribution in [0.5, 0.6) is 0 Å². The molecule has 0 bridgehead atoms. The van der Waals surface area contributed by atoms with Gasteiger partial charge in [0.1, 0.15) is 0 Å². The van der Waals surface area contributed by atoms with E-state index in [0.29, 0.717) is 39.3 Å². The van der Waals surface area contributed by atoms with E-state index in [0.717, 1.165) is 25.1 Å². The number of aromatic nitrogens is 2. The molecule has 1 N–H and O–H groups in total. The van der Waals surface area contributed by atoms with Crippen molar-refractivity contribution in [2.75, 3.05) is 50.8 Å². The molecule has 0 unspecified atom stereocenters. The monoisotopic (exact) mass is 363 g/mol. The third kappa shape index (κ3) is 4.14. The van der Waals surface area contributed by atoms with Crippen molar-refractivity contribution in [3.63, 3.8) is 0 Å². The van der Waals surface area contributed by atoms with Gasteiger partial charge in [-0.05, 0) is 19.8 Å². The van der Waals surface area contributed by atoms with Crippen molar-refractivity contribution in [3.05, 3.63) is 22.6 Å². The van der Waals surface area contributed by atoms with Gasteiger partial charge in [-0.3, -0.25) is 9.59 Å². The molecule has 2 aliphatic rings. The van der Waals surface area contributed by atoms with E-state index in [2.05, 4.69) is 10.2 Å². The summed E-state index contributed by atoms with van der Waals surface area (Å²) in [5.74, 6) is 0.0215. The Kier molecular flexibility index (Phi) is 5.75. The number of piperidine rings is 1. The first kappa shape index (κ1) is 18.2. The number of ether oxygens (including phenoxy) is 1. The highest BCUT2D eigenvalue weighted by Crippen LogP contribution is 2.23. The third-order valence-corrected chi connectivity index (χ3v) is 4.90. The summed E-state index contributed by atoms with van der Waals surface area (Å²) < 4.78 is 5.01. The van der Waals surface area contributed by atoms with Crippen molar-refractivity contribution < 1.29 is 14.3 Å². The number of nitrogens with zero attached hydrogens (tertiary/aromatic N) is 4. The number of piperazine rings is 1. The van der Waals surface area contributed by atoms with Gasteiger partial charge >= 0.3 is 6.09 Å². The molecule has 3 rings (SSSR count). The zero-order valence-electron chi connectivity index (χ0n) is 15.0. The lowest BCUT2D eigenvalue weighted by Crippen LogP contribution is -2.53. The van der Waals surface area contributed by atoms with Crippen LogP contribution in [0.4, 0.5) is 10.5 Å². The summed E-state index contributed by atoms with van der Waals surface area (Å²) in [5.41, 5.74) is 0.504. The third-order valence-electron chi connectivity index (χ3n) is 4.90. The largest absolute Gasteiger partial charge is 0.450 e. The Morgan fingerprint density at radius 1 is 1.23 bits per heavy atom. The van der Waals surface area contributed by atoms with E-state index in [9.17, 15) is 14.4 Å². The van der Waals surface area contributed by atoms with Crippen LogP contribution in [0.15, 0.2) is 17.1 Å². The normalized spacial score (nSPS) is 20.8. The summed E-state index contributed by atoms with van der Waals surface area (Å²) in [7, 11) is 0. The predicted octanol–water partition coefficient (Wildman–Crippen LogP) is 0.287. The van der Waals surface area contributed by atoms with E-state index in [1.807, 2.05) is 9.80 Å². The average molecular weight is 363 g/mol. The lowest BCUT2D eigenvalue weighted by molar-refractivity contribution is -0.137. The maximum absolute atomic E-state index is 12.9. The van der Waals surface area contributed by atoms with E-state index in [1.165, 1.54) is 6.07 Å². The first-order valence-corrected chi connectivity index (χ1v) is 9.08. The SMILES string of the molecule is CCOC(=O)N1CCN(C(=O)[C@@H]2CCCN(c3cn[nH]c(=O)c3)C2)CC1. The number of hydrogen-bond acceptors (Lipinski definition) is 6. The van der Waals surface area contributed by atoms with Crippen molar-refractivity contribution in [2.45, 2.75) is 19.8 Å². The van der Waals surface area contributed by atoms with Crippen molar-refractivity contribution in [1.29, 1.82) is 0 Å². The summed E-state index contributed by atoms with van der Waals surface area (Å²) in [4.78, 5) is 41.6. The number of hydrogen-bond donors (Lipinski definition) is 1. The number of nitrogens with one attached hydrogen (secondary N) is 1. The number of amides is 2. The molecule has 0 saturated carbocycles. The molecule has 1 aromatic rings. The molecule has 9 heteroatoms. The van der Waals surface area contributed by atoms with Crippen LogP contribution in [0.1, 0.15) is 19.8 Å². The highest BCUT2D eigenvalue weighted by Gasteiger charge is 2.32. The maximum Gasteiger partial charge on any atom is 0.409 e. The molecule has 0 radical (unpaired) electrons. The smallest absolute Gasteiger partial charge is 0.409 e. The summed E-state index contributed by atoms with van der Waals surface area (Å²) in [5, 5.41) is 6.20. The second-order valence-corrected chi connectivity index (χ2v) is 6.60. The van der Waals surface area contributed by atoms with Gasteiger partial charge in [-0.25, -0.2) is 9.89 Å². The van der Waals surface area contributed by atoms with Crippen LogP contribution in [-0.4, -0.2) is 77.9 Å². The van der Waals surface area contributed by atoms with Crippen LogP contribution in [0, 0.1) is 5.92 Å². The molecule has 0 aromatic carbocycles. The van der Waals surface area contributed by atoms with Crippen LogP contribution < -0.4 is 10.5 Å². The summed E-state index contributed by atoms with van der Waals surface area (Å²) in [6.45, 7) is 5.59. The minimum absolute atomic E-state index is 0.0998. The highest BCUT2D eigenvalue weighted by atomic mass is 16.6. The van der Waals surface area contributed by atoms with Gasteiger partial charge in [0.25, 0.3) is 5.56 Å². The Morgan fingerprint density at radius 2 is 1.96 bits per heavy atom. The summed E-state index contributed by atoms with van der Waals surface area (Å²) in [6, 6.07) is 1.51. The topological polar surface area (TPSA) is 98.8 Å². The summed E-state index contributed by atoms with van der Waals surface area (Å²) >= 11 is 0. The number of aromatic amines is 1. The van der Waals surface area contributed by atoms with Crippen molar-refractivity contribution in [2.24, 2.45) is 5.92 Å². The zero-order chi connectivity index (χ0) is 18.5. The molecule has 26 heavy (non-hydrogen) atoms. The molecule has 0 aliphatic carbocycles. The molecule has 3 heterocycles. The molecule has 2 aliphatic heterocycles. The predicted molar refractivity (Wildman–Crippen MR) is 95.0 cm³/mol. The van der Waals surface area contributed by atoms with Crippen molar-refractivity contribution in [1.82, 2.24) is 20.0 Å². The molecule has 2 amide bonds. The fraction of sp³-hybridized carbons (Fsp3) is 0.647. The van der Waals surface area contributed by atoms with Crippen LogP contribution in [0.2, 0.25) is 0 Å². The number of anilines is 1. The minimum Gasteiger partial charge on any atom is -0.450 e. The van der Waals surface area contributed by atoms with E-state index in [1.54, 1.807) is 18.0 Å². The van der Waals surface area contributed by atoms with Crippen LogP contribution in [0.25, 0.3) is 0 Å². The van der Waals surface area contributed by atoms with E-state index < -0.39 is 0 Å². The van der Waals surface area contributed by atoms with Gasteiger partial charge < -0.3 is 19.4 Å². The second-order valence-electron chi connectivity index (χ2n) is 6.60. The average Bonchev–Trinajstić information content (AvgIpc) is 2.68. The molecule has 1 aromatic heterocycles.